The number of carbonyl (C=O) groups excluding carboxylic acids is 1. The first-order valence-corrected chi connectivity index (χ1v) is 13.3. The number of rotatable bonds is 12. The molecule has 0 radical (unpaired) electrons. The van der Waals surface area contributed by atoms with Crippen LogP contribution in [0.1, 0.15) is 77.8 Å². The topological polar surface area (TPSA) is 50.4 Å². The number of amides is 1. The second-order valence-corrected chi connectivity index (χ2v) is 10.6. The maximum atomic E-state index is 12.5. The van der Waals surface area contributed by atoms with Crippen molar-refractivity contribution >= 4 is 23.0 Å². The number of ether oxygens (including phenoxy) is 1. The zero-order valence-corrected chi connectivity index (χ0v) is 22.6. The highest BCUT2D eigenvalue weighted by molar-refractivity contribution is 5.91. The SMILES string of the molecule is CCCC(CC)CCC(=O)Nc1cccc(Nc2ccc(OCc3ccccc3)cc2C(C)(C)C)c1. The summed E-state index contributed by atoms with van der Waals surface area (Å²) >= 11 is 0. The minimum absolute atomic E-state index is 0.0748. The molecule has 36 heavy (non-hydrogen) atoms. The lowest BCUT2D eigenvalue weighted by Gasteiger charge is -2.25. The van der Waals surface area contributed by atoms with E-state index in [4.69, 9.17) is 4.74 Å². The van der Waals surface area contributed by atoms with Gasteiger partial charge in [0.1, 0.15) is 12.4 Å². The minimum Gasteiger partial charge on any atom is -0.489 e. The molecule has 0 fully saturated rings. The Bertz CT molecular complexity index is 1100. The lowest BCUT2D eigenvalue weighted by Crippen LogP contribution is -2.14. The molecular weight excluding hydrogens is 444 g/mol. The van der Waals surface area contributed by atoms with Crippen molar-refractivity contribution in [1.29, 1.82) is 0 Å². The van der Waals surface area contributed by atoms with Crippen molar-refractivity contribution < 1.29 is 9.53 Å². The van der Waals surface area contributed by atoms with Gasteiger partial charge in [0, 0.05) is 23.5 Å². The molecule has 0 heterocycles. The van der Waals surface area contributed by atoms with Crippen LogP contribution in [0.25, 0.3) is 0 Å². The smallest absolute Gasteiger partial charge is 0.224 e. The van der Waals surface area contributed by atoms with E-state index in [1.807, 2.05) is 48.5 Å². The predicted octanol–water partition coefficient (Wildman–Crippen LogP) is 8.85. The van der Waals surface area contributed by atoms with Gasteiger partial charge in [-0.1, -0.05) is 90.3 Å². The zero-order chi connectivity index (χ0) is 26.0. The van der Waals surface area contributed by atoms with E-state index in [9.17, 15) is 4.79 Å². The number of anilines is 3. The number of hydrogen-bond acceptors (Lipinski definition) is 3. The Morgan fingerprint density at radius 2 is 1.64 bits per heavy atom. The van der Waals surface area contributed by atoms with Crippen LogP contribution in [0.15, 0.2) is 72.8 Å². The minimum atomic E-state index is -0.0748. The molecule has 0 aliphatic heterocycles. The molecule has 192 valence electrons. The van der Waals surface area contributed by atoms with Crippen LogP contribution in [0.2, 0.25) is 0 Å². The van der Waals surface area contributed by atoms with Gasteiger partial charge in [0.2, 0.25) is 5.91 Å². The van der Waals surface area contributed by atoms with Crippen molar-refractivity contribution in [2.75, 3.05) is 10.6 Å². The van der Waals surface area contributed by atoms with Crippen molar-refractivity contribution in [1.82, 2.24) is 0 Å². The summed E-state index contributed by atoms with van der Waals surface area (Å²) in [4.78, 5) is 12.5. The summed E-state index contributed by atoms with van der Waals surface area (Å²) in [5.74, 6) is 1.56. The average molecular weight is 487 g/mol. The summed E-state index contributed by atoms with van der Waals surface area (Å²) in [6.45, 7) is 11.6. The van der Waals surface area contributed by atoms with Gasteiger partial charge in [-0.25, -0.2) is 0 Å². The monoisotopic (exact) mass is 486 g/mol. The van der Waals surface area contributed by atoms with Gasteiger partial charge in [0.25, 0.3) is 0 Å². The van der Waals surface area contributed by atoms with Crippen LogP contribution in [-0.2, 0) is 16.8 Å². The summed E-state index contributed by atoms with van der Waals surface area (Å²) in [6, 6.07) is 24.3. The third kappa shape index (κ3) is 8.44. The lowest BCUT2D eigenvalue weighted by atomic mass is 9.85. The van der Waals surface area contributed by atoms with E-state index < -0.39 is 0 Å². The summed E-state index contributed by atoms with van der Waals surface area (Å²) < 4.78 is 6.08. The van der Waals surface area contributed by atoms with Crippen molar-refractivity contribution in [2.24, 2.45) is 5.92 Å². The molecule has 4 nitrogen and oxygen atoms in total. The Hall–Kier alpha value is -3.27. The summed E-state index contributed by atoms with van der Waals surface area (Å²) in [5, 5.41) is 6.64. The second kappa shape index (κ2) is 13.2. The summed E-state index contributed by atoms with van der Waals surface area (Å²) in [7, 11) is 0. The molecule has 0 aliphatic carbocycles. The first-order chi connectivity index (χ1) is 17.3. The molecule has 0 spiro atoms. The van der Waals surface area contributed by atoms with Crippen LogP contribution in [0.5, 0.6) is 5.75 Å². The Morgan fingerprint density at radius 1 is 0.889 bits per heavy atom. The van der Waals surface area contributed by atoms with Gasteiger partial charge in [-0.3, -0.25) is 4.79 Å². The normalized spacial score (nSPS) is 12.1. The number of hydrogen-bond donors (Lipinski definition) is 2. The second-order valence-electron chi connectivity index (χ2n) is 10.6. The third-order valence-corrected chi connectivity index (χ3v) is 6.53. The molecule has 1 atom stereocenters. The van der Waals surface area contributed by atoms with Gasteiger partial charge < -0.3 is 15.4 Å². The Balaban J connectivity index is 1.68. The number of nitrogens with one attached hydrogen (secondary N) is 2. The fraction of sp³-hybridized carbons (Fsp3) is 0.406. The molecular formula is C32H42N2O2. The number of benzene rings is 3. The van der Waals surface area contributed by atoms with E-state index in [0.29, 0.717) is 18.9 Å². The third-order valence-electron chi connectivity index (χ3n) is 6.53. The highest BCUT2D eigenvalue weighted by Gasteiger charge is 2.19. The molecule has 3 aromatic carbocycles. The predicted molar refractivity (Wildman–Crippen MR) is 152 cm³/mol. The molecule has 2 N–H and O–H groups in total. The highest BCUT2D eigenvalue weighted by Crippen LogP contribution is 2.35. The van der Waals surface area contributed by atoms with Gasteiger partial charge in [-0.2, -0.15) is 0 Å². The molecule has 3 rings (SSSR count). The van der Waals surface area contributed by atoms with Gasteiger partial charge in [0.05, 0.1) is 0 Å². The molecule has 0 aromatic heterocycles. The van der Waals surface area contributed by atoms with Gasteiger partial charge in [-0.15, -0.1) is 0 Å². The maximum absolute atomic E-state index is 12.5. The van der Waals surface area contributed by atoms with E-state index in [1.165, 1.54) is 18.4 Å². The zero-order valence-electron chi connectivity index (χ0n) is 22.6. The molecule has 1 amide bonds. The molecule has 4 heteroatoms. The summed E-state index contributed by atoms with van der Waals surface area (Å²) in [5.41, 5.74) is 5.02. The van der Waals surface area contributed by atoms with Crippen LogP contribution in [0.3, 0.4) is 0 Å². The fourth-order valence-corrected chi connectivity index (χ4v) is 4.43. The van der Waals surface area contributed by atoms with Gasteiger partial charge in [0.15, 0.2) is 0 Å². The van der Waals surface area contributed by atoms with Crippen LogP contribution in [-0.4, -0.2) is 5.91 Å². The lowest BCUT2D eigenvalue weighted by molar-refractivity contribution is -0.116. The van der Waals surface area contributed by atoms with E-state index in [-0.39, 0.29) is 11.3 Å². The van der Waals surface area contributed by atoms with Crippen molar-refractivity contribution in [3.8, 4) is 5.75 Å². The van der Waals surface area contributed by atoms with E-state index >= 15 is 0 Å². The Labute approximate surface area is 217 Å². The molecule has 0 bridgehead atoms. The quantitative estimate of drug-likeness (QED) is 0.269. The van der Waals surface area contributed by atoms with E-state index in [2.05, 4.69) is 69.5 Å². The van der Waals surface area contributed by atoms with Crippen molar-refractivity contribution in [3.05, 3.63) is 83.9 Å². The first-order valence-electron chi connectivity index (χ1n) is 13.3. The molecule has 1 unspecified atom stereocenters. The van der Waals surface area contributed by atoms with E-state index in [1.54, 1.807) is 0 Å². The molecule has 0 saturated carbocycles. The largest absolute Gasteiger partial charge is 0.489 e. The van der Waals surface area contributed by atoms with Crippen molar-refractivity contribution in [3.63, 3.8) is 0 Å². The van der Waals surface area contributed by atoms with Gasteiger partial charge in [-0.05, 0) is 65.3 Å². The van der Waals surface area contributed by atoms with Crippen LogP contribution in [0, 0.1) is 5.92 Å². The van der Waals surface area contributed by atoms with Crippen LogP contribution in [0.4, 0.5) is 17.1 Å². The Kier molecular flexibility index (Phi) is 9.98. The van der Waals surface area contributed by atoms with Gasteiger partial charge >= 0.3 is 0 Å². The van der Waals surface area contributed by atoms with Crippen LogP contribution < -0.4 is 15.4 Å². The Morgan fingerprint density at radius 3 is 2.33 bits per heavy atom. The van der Waals surface area contributed by atoms with Crippen molar-refractivity contribution in [2.45, 2.75) is 78.7 Å². The average Bonchev–Trinajstić information content (AvgIpc) is 2.86. The molecule has 0 aliphatic rings. The highest BCUT2D eigenvalue weighted by atomic mass is 16.5. The molecule has 0 saturated heterocycles. The first kappa shape index (κ1) is 27.3. The fourth-order valence-electron chi connectivity index (χ4n) is 4.43. The maximum Gasteiger partial charge on any atom is 0.224 e. The van der Waals surface area contributed by atoms with E-state index in [0.717, 1.165) is 41.2 Å². The summed E-state index contributed by atoms with van der Waals surface area (Å²) in [6.07, 6.45) is 5.00. The molecule has 3 aromatic rings. The number of carbonyl (C=O) groups is 1. The standard InChI is InChI=1S/C32H42N2O2/c1-6-12-24(7-2)17-20-31(35)34-27-16-11-15-26(21-27)33-30-19-18-28(22-29(30)32(3,4)5)36-23-25-13-9-8-10-14-25/h8-11,13-16,18-19,21-22,24,33H,6-7,12,17,20,23H2,1-5H3,(H,34,35). The van der Waals surface area contributed by atoms with Crippen LogP contribution >= 0.6 is 0 Å².